The first-order valence-electron chi connectivity index (χ1n) is 6.24. The minimum Gasteiger partial charge on any atom is -0.330 e. The van der Waals surface area contributed by atoms with Gasteiger partial charge in [0.05, 0.1) is 5.56 Å². The maximum absolute atomic E-state index is 12.5. The Bertz CT molecular complexity index is 561. The Labute approximate surface area is 124 Å². The molecule has 0 aliphatic rings. The largest absolute Gasteiger partial charge is 0.416 e. The topological polar surface area (TPSA) is 92.5 Å². The molecule has 6 nitrogen and oxygen atoms in total. The molecule has 0 saturated heterocycles. The predicted octanol–water partition coefficient (Wildman–Crippen LogP) is 0.978. The lowest BCUT2D eigenvalue weighted by atomic mass is 10.2. The number of carbonyl (C=O) groups excluding carboxylic acids is 3. The van der Waals surface area contributed by atoms with E-state index in [1.807, 2.05) is 5.32 Å². The van der Waals surface area contributed by atoms with Gasteiger partial charge in [-0.05, 0) is 31.2 Å². The number of rotatable bonds is 5. The van der Waals surface area contributed by atoms with Crippen LogP contribution in [0.4, 0.5) is 18.9 Å². The lowest BCUT2D eigenvalue weighted by molar-refractivity contribution is -0.146. The first-order valence-corrected chi connectivity index (χ1v) is 6.24. The van der Waals surface area contributed by atoms with E-state index >= 15 is 0 Å². The normalized spacial score (nSPS) is 10.9. The van der Waals surface area contributed by atoms with Gasteiger partial charge < -0.3 is 11.1 Å². The smallest absolute Gasteiger partial charge is 0.330 e. The lowest BCUT2D eigenvalue weighted by Gasteiger charge is -2.15. The Balaban J connectivity index is 2.79. The van der Waals surface area contributed by atoms with Crippen LogP contribution in [-0.2, 0) is 20.6 Å². The average molecular weight is 317 g/mol. The van der Waals surface area contributed by atoms with Gasteiger partial charge in [0.15, 0.2) is 0 Å². The summed E-state index contributed by atoms with van der Waals surface area (Å²) in [5.74, 6) is -2.37. The molecule has 0 spiro atoms. The van der Waals surface area contributed by atoms with Gasteiger partial charge in [-0.2, -0.15) is 13.2 Å². The molecule has 0 bridgehead atoms. The quantitative estimate of drug-likeness (QED) is 0.625. The van der Waals surface area contributed by atoms with Gasteiger partial charge >= 0.3 is 18.0 Å². The first kappa shape index (κ1) is 17.6. The second kappa shape index (κ2) is 7.55. The zero-order chi connectivity index (χ0) is 16.8. The highest BCUT2D eigenvalue weighted by Gasteiger charge is 2.30. The number of alkyl halides is 3. The number of nitrogens with zero attached hydrogens (tertiary/aromatic N) is 1. The van der Waals surface area contributed by atoms with E-state index in [1.165, 1.54) is 6.07 Å². The lowest BCUT2D eigenvalue weighted by Crippen LogP contribution is -2.39. The summed E-state index contributed by atoms with van der Waals surface area (Å²) < 4.78 is 37.6. The van der Waals surface area contributed by atoms with Crippen LogP contribution in [0, 0.1) is 0 Å². The van der Waals surface area contributed by atoms with Crippen molar-refractivity contribution in [1.82, 2.24) is 4.90 Å². The van der Waals surface area contributed by atoms with Gasteiger partial charge in [0, 0.05) is 12.2 Å². The molecule has 0 fully saturated rings. The van der Waals surface area contributed by atoms with Crippen LogP contribution in [0.5, 0.6) is 0 Å². The third kappa shape index (κ3) is 4.85. The number of hydrogen-bond acceptors (Lipinski definition) is 4. The van der Waals surface area contributed by atoms with Crippen molar-refractivity contribution in [1.29, 1.82) is 0 Å². The number of nitrogens with one attached hydrogen (secondary N) is 1. The molecule has 1 rings (SSSR count). The van der Waals surface area contributed by atoms with E-state index < -0.39 is 23.6 Å². The molecule has 22 heavy (non-hydrogen) atoms. The van der Waals surface area contributed by atoms with Crippen LogP contribution >= 0.6 is 0 Å². The monoisotopic (exact) mass is 317 g/mol. The van der Waals surface area contributed by atoms with Crippen molar-refractivity contribution in [3.63, 3.8) is 0 Å². The standard InChI is InChI=1S/C13H14F3N3O3/c14-13(15,16)9-3-1-4-10(7-9)18-11(21)12(22)19(8-20)6-2-5-17/h1,3-4,7-8H,2,5-6,17H2,(H,18,21). The molecule has 120 valence electrons. The van der Waals surface area contributed by atoms with Gasteiger partial charge in [0.1, 0.15) is 0 Å². The van der Waals surface area contributed by atoms with E-state index in [-0.39, 0.29) is 25.2 Å². The fourth-order valence-corrected chi connectivity index (χ4v) is 1.55. The van der Waals surface area contributed by atoms with Gasteiger partial charge in [-0.3, -0.25) is 19.3 Å². The van der Waals surface area contributed by atoms with Crippen LogP contribution in [0.25, 0.3) is 0 Å². The van der Waals surface area contributed by atoms with Gasteiger partial charge in [0.2, 0.25) is 6.41 Å². The van der Waals surface area contributed by atoms with Crippen molar-refractivity contribution in [2.45, 2.75) is 12.6 Å². The Hall–Kier alpha value is -2.42. The fraction of sp³-hybridized carbons (Fsp3) is 0.308. The SMILES string of the molecule is NCCCN(C=O)C(=O)C(=O)Nc1cccc(C(F)(F)F)c1. The van der Waals surface area contributed by atoms with Crippen LogP contribution < -0.4 is 11.1 Å². The van der Waals surface area contributed by atoms with Gasteiger partial charge in [-0.25, -0.2) is 0 Å². The third-order valence-electron chi connectivity index (χ3n) is 2.63. The van der Waals surface area contributed by atoms with Crippen LogP contribution in [0.3, 0.4) is 0 Å². The van der Waals surface area contributed by atoms with Crippen LogP contribution in [-0.4, -0.2) is 36.2 Å². The molecular weight excluding hydrogens is 303 g/mol. The molecule has 0 saturated carbocycles. The summed E-state index contributed by atoms with van der Waals surface area (Å²) in [7, 11) is 0. The van der Waals surface area contributed by atoms with Crippen LogP contribution in [0.1, 0.15) is 12.0 Å². The molecule has 0 unspecified atom stereocenters. The molecule has 3 N–H and O–H groups in total. The first-order chi connectivity index (χ1) is 10.3. The van der Waals surface area contributed by atoms with Crippen molar-refractivity contribution >= 4 is 23.9 Å². The summed E-state index contributed by atoms with van der Waals surface area (Å²) in [6.07, 6.45) is -4.09. The number of amides is 3. The second-order valence-electron chi connectivity index (χ2n) is 4.28. The molecule has 1 aromatic carbocycles. The van der Waals surface area contributed by atoms with E-state index in [0.717, 1.165) is 12.1 Å². The summed E-state index contributed by atoms with van der Waals surface area (Å²) in [4.78, 5) is 34.7. The summed E-state index contributed by atoms with van der Waals surface area (Å²) in [6.45, 7) is 0.168. The van der Waals surface area contributed by atoms with Crippen molar-refractivity contribution in [3.05, 3.63) is 29.8 Å². The maximum Gasteiger partial charge on any atom is 0.416 e. The highest BCUT2D eigenvalue weighted by molar-refractivity contribution is 6.41. The van der Waals surface area contributed by atoms with E-state index in [2.05, 4.69) is 0 Å². The summed E-state index contributed by atoms with van der Waals surface area (Å²) >= 11 is 0. The molecule has 9 heteroatoms. The Kier molecular flexibility index (Phi) is 6.05. The van der Waals surface area contributed by atoms with Crippen LogP contribution in [0.2, 0.25) is 0 Å². The second-order valence-corrected chi connectivity index (χ2v) is 4.28. The number of anilines is 1. The van der Waals surface area contributed by atoms with Crippen molar-refractivity contribution < 1.29 is 27.6 Å². The van der Waals surface area contributed by atoms with Crippen molar-refractivity contribution in [2.24, 2.45) is 5.73 Å². The molecule has 0 aliphatic heterocycles. The summed E-state index contributed by atoms with van der Waals surface area (Å²) in [6, 6.07) is 3.81. The molecular formula is C13H14F3N3O3. The minimum absolute atomic E-state index is 0.0468. The number of imide groups is 1. The molecule has 1 aromatic rings. The molecule has 0 aromatic heterocycles. The number of halogens is 3. The number of carbonyl (C=O) groups is 3. The highest BCUT2D eigenvalue weighted by atomic mass is 19.4. The Morgan fingerprint density at radius 3 is 2.55 bits per heavy atom. The number of nitrogens with two attached hydrogens (primary N) is 1. The molecule has 3 amide bonds. The van der Waals surface area contributed by atoms with E-state index in [1.54, 1.807) is 0 Å². The number of benzene rings is 1. The van der Waals surface area contributed by atoms with Gasteiger partial charge in [0.25, 0.3) is 0 Å². The van der Waals surface area contributed by atoms with Crippen LogP contribution in [0.15, 0.2) is 24.3 Å². The summed E-state index contributed by atoms with van der Waals surface area (Å²) in [5, 5.41) is 2.03. The summed E-state index contributed by atoms with van der Waals surface area (Å²) in [5.41, 5.74) is 4.07. The van der Waals surface area contributed by atoms with Gasteiger partial charge in [-0.15, -0.1) is 0 Å². The highest BCUT2D eigenvalue weighted by Crippen LogP contribution is 2.30. The van der Waals surface area contributed by atoms with Gasteiger partial charge in [-0.1, -0.05) is 6.07 Å². The zero-order valence-electron chi connectivity index (χ0n) is 11.4. The van der Waals surface area contributed by atoms with Crippen molar-refractivity contribution in [2.75, 3.05) is 18.4 Å². The molecule has 0 heterocycles. The predicted molar refractivity (Wildman–Crippen MR) is 71.5 cm³/mol. The molecule has 0 radical (unpaired) electrons. The zero-order valence-corrected chi connectivity index (χ0v) is 11.4. The van der Waals surface area contributed by atoms with Crippen molar-refractivity contribution in [3.8, 4) is 0 Å². The molecule has 0 aliphatic carbocycles. The Morgan fingerprint density at radius 2 is 2.00 bits per heavy atom. The third-order valence-corrected chi connectivity index (χ3v) is 2.63. The maximum atomic E-state index is 12.5. The average Bonchev–Trinajstić information content (AvgIpc) is 2.47. The van der Waals surface area contributed by atoms with E-state index in [4.69, 9.17) is 5.73 Å². The minimum atomic E-state index is -4.57. The fourth-order valence-electron chi connectivity index (χ4n) is 1.55. The Morgan fingerprint density at radius 1 is 1.32 bits per heavy atom. The van der Waals surface area contributed by atoms with E-state index in [9.17, 15) is 27.6 Å². The molecule has 0 atom stereocenters. The van der Waals surface area contributed by atoms with E-state index in [0.29, 0.717) is 17.4 Å². The number of hydrogen-bond donors (Lipinski definition) is 2.